The molecular formula is C12H27NO7P2. The molecule has 10 heteroatoms. The molecule has 132 valence electrons. The fraction of sp³-hybridized carbons (Fsp3) is 1.00. The minimum absolute atomic E-state index is 0.0607. The highest BCUT2D eigenvalue weighted by Crippen LogP contribution is 2.61. The number of aliphatic hydroxyl groups is 1. The molecule has 1 rings (SSSR count). The molecule has 0 aromatic carbocycles. The van der Waals surface area contributed by atoms with Crippen LogP contribution in [0, 0.1) is 0 Å². The summed E-state index contributed by atoms with van der Waals surface area (Å²) in [5, 5.41) is 10.5. The monoisotopic (exact) mass is 359 g/mol. The first-order valence-electron chi connectivity index (χ1n) is 7.56. The van der Waals surface area contributed by atoms with Gasteiger partial charge in [-0.2, -0.15) is 0 Å². The van der Waals surface area contributed by atoms with Crippen molar-refractivity contribution in [2.75, 3.05) is 13.1 Å². The largest absolute Gasteiger partial charge is 0.390 e. The number of likely N-dealkylation sites (tertiary alicyclic amines) is 1. The predicted octanol–water partition coefficient (Wildman–Crippen LogP) is 1.42. The average Bonchev–Trinajstić information content (AvgIpc) is 2.35. The molecule has 1 fully saturated rings. The molecule has 22 heavy (non-hydrogen) atoms. The molecule has 0 amide bonds. The molecule has 5 N–H and O–H groups in total. The van der Waals surface area contributed by atoms with Crippen LogP contribution in [0.15, 0.2) is 0 Å². The van der Waals surface area contributed by atoms with Crippen molar-refractivity contribution in [2.24, 2.45) is 0 Å². The minimum Gasteiger partial charge on any atom is -0.390 e. The summed E-state index contributed by atoms with van der Waals surface area (Å²) in [6.45, 7) is 2.22. The molecule has 1 aliphatic heterocycles. The first-order chi connectivity index (χ1) is 9.99. The third-order valence-electron chi connectivity index (χ3n) is 4.15. The van der Waals surface area contributed by atoms with E-state index in [2.05, 4.69) is 6.92 Å². The van der Waals surface area contributed by atoms with Crippen molar-refractivity contribution in [3.8, 4) is 0 Å². The Morgan fingerprint density at radius 1 is 1.00 bits per heavy atom. The number of hydrogen-bond donors (Lipinski definition) is 5. The lowest BCUT2D eigenvalue weighted by molar-refractivity contribution is -0.0303. The Bertz CT molecular complexity index is 417. The Kier molecular flexibility index (Phi) is 7.24. The van der Waals surface area contributed by atoms with E-state index in [1.165, 1.54) is 0 Å². The van der Waals surface area contributed by atoms with Crippen LogP contribution in [0.3, 0.4) is 0 Å². The Morgan fingerprint density at radius 3 is 1.91 bits per heavy atom. The fourth-order valence-electron chi connectivity index (χ4n) is 2.92. The first kappa shape index (κ1) is 20.3. The van der Waals surface area contributed by atoms with E-state index in [1.807, 2.05) is 0 Å². The Balaban J connectivity index is 2.63. The quantitative estimate of drug-likeness (QED) is 0.324. The van der Waals surface area contributed by atoms with Crippen LogP contribution in [-0.4, -0.2) is 53.8 Å². The first-order valence-corrected chi connectivity index (χ1v) is 10.9. The van der Waals surface area contributed by atoms with Gasteiger partial charge >= 0.3 is 15.2 Å². The molecular weight excluding hydrogens is 332 g/mol. The highest BCUT2D eigenvalue weighted by molar-refractivity contribution is 7.70. The van der Waals surface area contributed by atoms with E-state index in [9.17, 15) is 33.8 Å². The third kappa shape index (κ3) is 6.02. The molecule has 1 aliphatic rings. The maximum absolute atomic E-state index is 11.4. The summed E-state index contributed by atoms with van der Waals surface area (Å²) in [4.78, 5) is 38.0. The summed E-state index contributed by atoms with van der Waals surface area (Å²) in [5.74, 6) is 0. The van der Waals surface area contributed by atoms with Crippen LogP contribution in [0.2, 0.25) is 0 Å². The van der Waals surface area contributed by atoms with Crippen LogP contribution in [0.5, 0.6) is 0 Å². The summed E-state index contributed by atoms with van der Waals surface area (Å²) in [6.07, 6.45) is 5.22. The van der Waals surface area contributed by atoms with Gasteiger partial charge in [0.25, 0.3) is 0 Å². The van der Waals surface area contributed by atoms with Crippen LogP contribution in [0.4, 0.5) is 0 Å². The van der Waals surface area contributed by atoms with Gasteiger partial charge in [0, 0.05) is 13.1 Å². The average molecular weight is 359 g/mol. The van der Waals surface area contributed by atoms with Gasteiger partial charge in [-0.25, -0.2) is 0 Å². The van der Waals surface area contributed by atoms with Crippen LogP contribution < -0.4 is 0 Å². The summed E-state index contributed by atoms with van der Waals surface area (Å²) in [5.41, 5.74) is -3.01. The van der Waals surface area contributed by atoms with E-state index in [0.29, 0.717) is 6.42 Å². The number of unbranched alkanes of at least 4 members (excludes halogenated alkanes) is 3. The lowest BCUT2D eigenvalue weighted by Crippen LogP contribution is -2.48. The van der Waals surface area contributed by atoms with Crippen molar-refractivity contribution in [3.05, 3.63) is 0 Å². The molecule has 0 radical (unpaired) electrons. The highest BCUT2D eigenvalue weighted by Gasteiger charge is 2.49. The molecule has 0 atom stereocenters. The minimum atomic E-state index is -4.96. The van der Waals surface area contributed by atoms with Gasteiger partial charge in [0.2, 0.25) is 5.52 Å². The number of rotatable bonds is 8. The van der Waals surface area contributed by atoms with Crippen LogP contribution in [0.25, 0.3) is 0 Å². The van der Waals surface area contributed by atoms with E-state index >= 15 is 0 Å². The summed E-state index contributed by atoms with van der Waals surface area (Å²) >= 11 is 0. The molecule has 0 aromatic heterocycles. The van der Waals surface area contributed by atoms with Crippen molar-refractivity contribution < 1.29 is 33.8 Å². The third-order valence-corrected chi connectivity index (χ3v) is 7.81. The molecule has 0 bridgehead atoms. The normalized spacial score (nSPS) is 20.5. The summed E-state index contributed by atoms with van der Waals surface area (Å²) < 4.78 is 22.8. The van der Waals surface area contributed by atoms with Gasteiger partial charge in [0.05, 0.1) is 5.60 Å². The number of nitrogens with zero attached hydrogens (tertiary/aromatic N) is 1. The van der Waals surface area contributed by atoms with Crippen molar-refractivity contribution in [2.45, 2.75) is 63.0 Å². The Hall–Kier alpha value is 0.220. The SMILES string of the molecule is CCCCCCC1(O)CCN(C(P(=O)(O)O)P(=O)(O)O)CC1. The van der Waals surface area contributed by atoms with Crippen LogP contribution >= 0.6 is 15.2 Å². The van der Waals surface area contributed by atoms with Crippen molar-refractivity contribution in [1.29, 1.82) is 0 Å². The van der Waals surface area contributed by atoms with Gasteiger partial charge in [0.15, 0.2) is 0 Å². The van der Waals surface area contributed by atoms with Crippen molar-refractivity contribution in [3.63, 3.8) is 0 Å². The predicted molar refractivity (Wildman–Crippen MR) is 82.4 cm³/mol. The second-order valence-corrected chi connectivity index (χ2v) is 9.84. The van der Waals surface area contributed by atoms with Gasteiger partial charge in [-0.3, -0.25) is 14.0 Å². The van der Waals surface area contributed by atoms with Gasteiger partial charge in [-0.1, -0.05) is 32.6 Å². The molecule has 0 aliphatic carbocycles. The zero-order chi connectivity index (χ0) is 17.0. The molecule has 0 unspecified atom stereocenters. The number of piperidine rings is 1. The van der Waals surface area contributed by atoms with E-state index in [4.69, 9.17) is 0 Å². The lowest BCUT2D eigenvalue weighted by Gasteiger charge is -2.41. The smallest absolute Gasteiger partial charge is 0.354 e. The maximum Gasteiger partial charge on any atom is 0.354 e. The number of hydrogen-bond acceptors (Lipinski definition) is 4. The summed E-state index contributed by atoms with van der Waals surface area (Å²) in [6, 6.07) is 0. The molecule has 0 saturated carbocycles. The van der Waals surface area contributed by atoms with Gasteiger partial charge in [-0.15, -0.1) is 0 Å². The van der Waals surface area contributed by atoms with Gasteiger partial charge in [-0.05, 0) is 19.3 Å². The van der Waals surface area contributed by atoms with E-state index in [0.717, 1.165) is 30.6 Å². The standard InChI is InChI=1S/C12H27NO7P2/c1-2-3-4-5-6-12(14)7-9-13(10-8-12)11(21(15,16)17)22(18,19)20/h11,14H,2-10H2,1H3,(H2,15,16,17)(H2,18,19,20). The molecule has 0 aromatic rings. The molecule has 0 spiro atoms. The molecule has 1 heterocycles. The molecule has 1 saturated heterocycles. The summed E-state index contributed by atoms with van der Waals surface area (Å²) in [7, 11) is -9.91. The van der Waals surface area contributed by atoms with E-state index in [1.54, 1.807) is 0 Å². The van der Waals surface area contributed by atoms with Crippen LogP contribution in [0.1, 0.15) is 51.9 Å². The Labute approximate surface area is 130 Å². The lowest BCUT2D eigenvalue weighted by atomic mass is 9.86. The van der Waals surface area contributed by atoms with Crippen molar-refractivity contribution >= 4 is 15.2 Å². The Morgan fingerprint density at radius 2 is 1.50 bits per heavy atom. The van der Waals surface area contributed by atoms with Crippen molar-refractivity contribution in [1.82, 2.24) is 4.90 Å². The van der Waals surface area contributed by atoms with E-state index < -0.39 is 26.3 Å². The second kappa shape index (κ2) is 7.86. The van der Waals surface area contributed by atoms with Gasteiger partial charge < -0.3 is 24.7 Å². The topological polar surface area (TPSA) is 139 Å². The second-order valence-electron chi connectivity index (χ2n) is 6.10. The zero-order valence-electron chi connectivity index (χ0n) is 12.8. The zero-order valence-corrected chi connectivity index (χ0v) is 14.6. The molecule has 8 nitrogen and oxygen atoms in total. The highest BCUT2D eigenvalue weighted by atomic mass is 31.2. The maximum atomic E-state index is 11.4. The fourth-order valence-corrected chi connectivity index (χ4v) is 5.80. The van der Waals surface area contributed by atoms with Crippen LogP contribution in [-0.2, 0) is 9.13 Å². The van der Waals surface area contributed by atoms with Gasteiger partial charge in [0.1, 0.15) is 0 Å². The van der Waals surface area contributed by atoms with E-state index in [-0.39, 0.29) is 25.9 Å².